The Bertz CT molecular complexity index is 953. The third kappa shape index (κ3) is 2.46. The van der Waals surface area contributed by atoms with Gasteiger partial charge in [-0.3, -0.25) is 4.79 Å². The highest BCUT2D eigenvalue weighted by molar-refractivity contribution is 5.76. The van der Waals surface area contributed by atoms with Crippen LogP contribution in [-0.2, 0) is 9.53 Å². The van der Waals surface area contributed by atoms with Gasteiger partial charge in [-0.05, 0) is 91.8 Å². The molecule has 1 spiro atoms. The zero-order chi connectivity index (χ0) is 24.6. The van der Waals surface area contributed by atoms with Gasteiger partial charge in [-0.2, -0.15) is 0 Å². The normalized spacial score (nSPS) is 54.7. The van der Waals surface area contributed by atoms with E-state index in [9.17, 15) is 15.0 Å². The van der Waals surface area contributed by atoms with Gasteiger partial charge < -0.3 is 14.9 Å². The van der Waals surface area contributed by atoms with Crippen molar-refractivity contribution in [3.8, 4) is 0 Å². The minimum absolute atomic E-state index is 0.0437. The first-order chi connectivity index (χ1) is 15.7. The van der Waals surface area contributed by atoms with Gasteiger partial charge in [0.25, 0.3) is 0 Å². The molecule has 2 bridgehead atoms. The summed E-state index contributed by atoms with van der Waals surface area (Å²) in [5.74, 6) is -0.354. The molecule has 4 heteroatoms. The van der Waals surface area contributed by atoms with Crippen molar-refractivity contribution in [3.63, 3.8) is 0 Å². The summed E-state index contributed by atoms with van der Waals surface area (Å²) < 4.78 is 6.32. The fourth-order valence-electron chi connectivity index (χ4n) is 11.0. The van der Waals surface area contributed by atoms with Gasteiger partial charge in [0.05, 0.1) is 12.0 Å². The van der Waals surface area contributed by atoms with Gasteiger partial charge >= 0.3 is 5.97 Å². The summed E-state index contributed by atoms with van der Waals surface area (Å²) in [6.07, 6.45) is 12.3. The maximum Gasteiger partial charge on any atom is 0.310 e. The van der Waals surface area contributed by atoms with Gasteiger partial charge in [-0.25, -0.2) is 0 Å². The van der Waals surface area contributed by atoms with Crippen LogP contribution in [0.4, 0.5) is 0 Å². The molecule has 0 amide bonds. The molecule has 2 heterocycles. The van der Waals surface area contributed by atoms with Crippen LogP contribution in [0.1, 0.15) is 106 Å². The average molecular weight is 471 g/mol. The first kappa shape index (κ1) is 23.5. The predicted octanol–water partition coefficient (Wildman–Crippen LogP) is 6.57. The molecule has 0 radical (unpaired) electrons. The van der Waals surface area contributed by atoms with Crippen LogP contribution in [0.2, 0.25) is 0 Å². The van der Waals surface area contributed by atoms with E-state index in [1.165, 1.54) is 12.0 Å². The fraction of sp³-hybridized carbons (Fsp3) is 0.900. The number of ether oxygens (including phenoxy) is 1. The zero-order valence-electron chi connectivity index (χ0n) is 22.3. The summed E-state index contributed by atoms with van der Waals surface area (Å²) in [6.45, 7) is 14.9. The number of hydrogen-bond donors (Lipinski definition) is 2. The minimum Gasteiger partial charge on any atom is -0.481 e. The Kier molecular flexibility index (Phi) is 4.51. The number of allylic oxidation sites excluding steroid dienone is 2. The summed E-state index contributed by atoms with van der Waals surface area (Å²) >= 11 is 0. The van der Waals surface area contributed by atoms with Crippen LogP contribution in [-0.4, -0.2) is 28.6 Å². The van der Waals surface area contributed by atoms with Crippen LogP contribution in [0, 0.1) is 50.2 Å². The number of carboxylic acids is 1. The molecule has 190 valence electrons. The first-order valence-corrected chi connectivity index (χ1v) is 14.0. The first-order valence-electron chi connectivity index (χ1n) is 14.0. The molecule has 8 atom stereocenters. The van der Waals surface area contributed by atoms with Crippen LogP contribution < -0.4 is 0 Å². The topological polar surface area (TPSA) is 66.8 Å². The molecule has 4 saturated carbocycles. The Morgan fingerprint density at radius 2 is 1.65 bits per heavy atom. The molecule has 5 aliphatic carbocycles. The molecule has 6 fully saturated rings. The van der Waals surface area contributed by atoms with Gasteiger partial charge in [0, 0.05) is 17.3 Å². The third-order valence-corrected chi connectivity index (χ3v) is 13.5. The minimum atomic E-state index is -0.980. The van der Waals surface area contributed by atoms with Crippen molar-refractivity contribution >= 4 is 5.97 Å². The molecular weight excluding hydrogens is 424 g/mol. The van der Waals surface area contributed by atoms with Gasteiger partial charge in [0.2, 0.25) is 0 Å². The summed E-state index contributed by atoms with van der Waals surface area (Å²) in [6, 6.07) is 0. The van der Waals surface area contributed by atoms with E-state index in [0.717, 1.165) is 57.8 Å². The Balaban J connectivity index is 1.46. The van der Waals surface area contributed by atoms with E-state index in [2.05, 4.69) is 47.6 Å². The summed E-state index contributed by atoms with van der Waals surface area (Å²) in [5, 5.41) is 21.9. The van der Waals surface area contributed by atoms with Crippen molar-refractivity contribution in [3.05, 3.63) is 11.6 Å². The molecule has 7 rings (SSSR count). The molecule has 0 aromatic rings. The number of fused-ring (bicyclic) bond motifs is 7. The standard InChI is InChI=1S/C30H46O4/c1-24(2)11-13-28(23(31)32)14-12-26(5)19(20(28)17-24)7-8-22-27(26,6)10-9-21-25(3,4)30(33)16-15-29(21,22)18-34-30/h7,20-22,33H,8-18H2,1-6H3,(H,31,32)/t20-,21-,22-,26+,27+,28-,29+,30-/m0/s1. The second kappa shape index (κ2) is 6.52. The smallest absolute Gasteiger partial charge is 0.310 e. The van der Waals surface area contributed by atoms with Crippen LogP contribution in [0.25, 0.3) is 0 Å². The Morgan fingerprint density at radius 3 is 2.29 bits per heavy atom. The van der Waals surface area contributed by atoms with Gasteiger partial charge in [-0.1, -0.05) is 53.2 Å². The van der Waals surface area contributed by atoms with E-state index in [4.69, 9.17) is 4.74 Å². The lowest BCUT2D eigenvalue weighted by molar-refractivity contribution is -0.395. The maximum atomic E-state index is 12.8. The number of aliphatic hydroxyl groups is 1. The maximum absolute atomic E-state index is 12.8. The Morgan fingerprint density at radius 1 is 0.941 bits per heavy atom. The van der Waals surface area contributed by atoms with Crippen molar-refractivity contribution in [2.45, 2.75) is 112 Å². The molecule has 7 aliphatic rings. The van der Waals surface area contributed by atoms with E-state index in [0.29, 0.717) is 18.4 Å². The van der Waals surface area contributed by atoms with Gasteiger partial charge in [0.15, 0.2) is 5.79 Å². The number of hydrogen-bond acceptors (Lipinski definition) is 3. The average Bonchev–Trinajstić information content (AvgIpc) is 2.75. The van der Waals surface area contributed by atoms with Gasteiger partial charge in [0.1, 0.15) is 0 Å². The molecule has 2 aliphatic heterocycles. The van der Waals surface area contributed by atoms with Crippen LogP contribution >= 0.6 is 0 Å². The summed E-state index contributed by atoms with van der Waals surface area (Å²) in [5.41, 5.74) is 1.20. The highest BCUT2D eigenvalue weighted by Crippen LogP contribution is 2.77. The van der Waals surface area contributed by atoms with Crippen molar-refractivity contribution < 1.29 is 19.7 Å². The molecule has 2 N–H and O–H groups in total. The highest BCUT2D eigenvalue weighted by Gasteiger charge is 2.74. The lowest BCUT2D eigenvalue weighted by Gasteiger charge is -2.74. The second-order valence-corrected chi connectivity index (χ2v) is 15.2. The van der Waals surface area contributed by atoms with Crippen molar-refractivity contribution in [2.24, 2.45) is 50.2 Å². The quantitative estimate of drug-likeness (QED) is 0.425. The van der Waals surface area contributed by atoms with Gasteiger partial charge in [-0.15, -0.1) is 0 Å². The summed E-state index contributed by atoms with van der Waals surface area (Å²) in [7, 11) is 0. The van der Waals surface area contributed by atoms with E-state index in [1.807, 2.05) is 0 Å². The number of aliphatic carboxylic acids is 1. The lowest BCUT2D eigenvalue weighted by Crippen LogP contribution is -2.73. The summed E-state index contributed by atoms with van der Waals surface area (Å²) in [4.78, 5) is 12.8. The van der Waals surface area contributed by atoms with Crippen LogP contribution in [0.15, 0.2) is 11.6 Å². The zero-order valence-corrected chi connectivity index (χ0v) is 22.3. The number of carboxylic acid groups (broad SMARTS) is 1. The van der Waals surface area contributed by atoms with E-state index in [1.54, 1.807) is 0 Å². The largest absolute Gasteiger partial charge is 0.481 e. The van der Waals surface area contributed by atoms with Crippen LogP contribution in [0.5, 0.6) is 0 Å². The van der Waals surface area contributed by atoms with Crippen molar-refractivity contribution in [1.82, 2.24) is 0 Å². The van der Waals surface area contributed by atoms with E-state index >= 15 is 0 Å². The predicted molar refractivity (Wildman–Crippen MR) is 132 cm³/mol. The third-order valence-electron chi connectivity index (χ3n) is 13.5. The monoisotopic (exact) mass is 470 g/mol. The molecular formula is C30H46O4. The Hall–Kier alpha value is -0.870. The molecule has 0 aromatic heterocycles. The molecule has 0 aromatic carbocycles. The van der Waals surface area contributed by atoms with Crippen molar-refractivity contribution in [2.75, 3.05) is 6.61 Å². The van der Waals surface area contributed by atoms with Crippen LogP contribution in [0.3, 0.4) is 0 Å². The fourth-order valence-corrected chi connectivity index (χ4v) is 11.0. The number of carbonyl (C=O) groups is 1. The molecule has 2 saturated heterocycles. The van der Waals surface area contributed by atoms with E-state index in [-0.39, 0.29) is 33.0 Å². The molecule has 34 heavy (non-hydrogen) atoms. The Labute approximate surface area is 205 Å². The number of rotatable bonds is 1. The molecule has 0 unspecified atom stereocenters. The van der Waals surface area contributed by atoms with Crippen molar-refractivity contribution in [1.29, 1.82) is 0 Å². The highest BCUT2D eigenvalue weighted by atomic mass is 16.6. The lowest BCUT2D eigenvalue weighted by atomic mass is 9.32. The molecule has 4 nitrogen and oxygen atoms in total. The SMILES string of the molecule is CC1(C)CC[C@]2(C(=O)O)CC[C@]3(C)C(=CC[C@@H]4[C@]56CC[C@](O)(OC5)C(C)(C)[C@@H]6CC[C@]43C)[C@@H]2C1. The second-order valence-electron chi connectivity index (χ2n) is 15.2. The van der Waals surface area contributed by atoms with E-state index < -0.39 is 17.2 Å².